The highest BCUT2D eigenvalue weighted by Crippen LogP contribution is 2.27. The van der Waals surface area contributed by atoms with E-state index in [4.69, 9.17) is 10.5 Å². The highest BCUT2D eigenvalue weighted by Gasteiger charge is 2.25. The maximum atomic E-state index is 12.0. The molecule has 1 rings (SSSR count). The molecule has 0 aliphatic carbocycles. The van der Waals surface area contributed by atoms with Crippen molar-refractivity contribution in [2.45, 2.75) is 20.8 Å². The van der Waals surface area contributed by atoms with Gasteiger partial charge in [0.1, 0.15) is 0 Å². The number of amides is 1. The zero-order valence-corrected chi connectivity index (χ0v) is 10.9. The summed E-state index contributed by atoms with van der Waals surface area (Å²) in [5, 5.41) is 0. The van der Waals surface area contributed by atoms with E-state index < -0.39 is 11.9 Å². The number of nitrogens with zero attached hydrogens (tertiary/aromatic N) is 1. The van der Waals surface area contributed by atoms with E-state index >= 15 is 0 Å². The number of benzene rings is 1. The van der Waals surface area contributed by atoms with Gasteiger partial charge in [-0.3, -0.25) is 4.79 Å². The molecule has 2 N–H and O–H groups in total. The number of carbonyl (C=O) groups excluding carboxylic acids is 2. The van der Waals surface area contributed by atoms with Crippen LogP contribution >= 0.6 is 0 Å². The number of likely N-dealkylation sites (N-methyl/N-ethyl adjacent to an activating group) is 1. The van der Waals surface area contributed by atoms with Crippen molar-refractivity contribution in [3.63, 3.8) is 0 Å². The Morgan fingerprint density at radius 3 is 2.50 bits per heavy atom. The summed E-state index contributed by atoms with van der Waals surface area (Å²) in [5.41, 5.74) is 7.74. The zero-order valence-electron chi connectivity index (χ0n) is 10.9. The largest absolute Gasteiger partial charge is 0.459 e. The third kappa shape index (κ3) is 2.80. The van der Waals surface area contributed by atoms with Gasteiger partial charge in [0.15, 0.2) is 0 Å². The summed E-state index contributed by atoms with van der Waals surface area (Å²) in [6.07, 6.45) is 0. The van der Waals surface area contributed by atoms with Crippen LogP contribution < -0.4 is 10.6 Å². The van der Waals surface area contributed by atoms with Crippen molar-refractivity contribution in [3.05, 3.63) is 23.8 Å². The topological polar surface area (TPSA) is 72.6 Å². The van der Waals surface area contributed by atoms with E-state index in [1.54, 1.807) is 26.0 Å². The Kier molecular flexibility index (Phi) is 4.71. The molecule has 0 spiro atoms. The van der Waals surface area contributed by atoms with Gasteiger partial charge in [0, 0.05) is 6.54 Å². The molecule has 1 amide bonds. The van der Waals surface area contributed by atoms with Crippen molar-refractivity contribution in [2.24, 2.45) is 0 Å². The Morgan fingerprint density at radius 2 is 2.00 bits per heavy atom. The number of para-hydroxylation sites is 1. The molecule has 0 radical (unpaired) electrons. The molecule has 0 fully saturated rings. The smallest absolute Gasteiger partial charge is 0.397 e. The van der Waals surface area contributed by atoms with Crippen LogP contribution in [-0.2, 0) is 14.3 Å². The lowest BCUT2D eigenvalue weighted by molar-refractivity contribution is -0.153. The molecule has 5 nitrogen and oxygen atoms in total. The molecule has 0 aromatic heterocycles. The van der Waals surface area contributed by atoms with Crippen molar-refractivity contribution < 1.29 is 14.3 Å². The molecule has 5 heteroatoms. The second-order valence-electron chi connectivity index (χ2n) is 3.78. The summed E-state index contributed by atoms with van der Waals surface area (Å²) in [4.78, 5) is 24.8. The average molecular weight is 250 g/mol. The minimum atomic E-state index is -0.859. The predicted molar refractivity (Wildman–Crippen MR) is 70.3 cm³/mol. The van der Waals surface area contributed by atoms with Gasteiger partial charge in [-0.1, -0.05) is 12.1 Å². The summed E-state index contributed by atoms with van der Waals surface area (Å²) < 4.78 is 4.72. The highest BCUT2D eigenvalue weighted by atomic mass is 16.5. The number of nitrogens with two attached hydrogens (primary N) is 1. The first-order valence-corrected chi connectivity index (χ1v) is 5.86. The lowest BCUT2D eigenvalue weighted by atomic mass is 10.1. The standard InChI is InChI=1S/C13H18N2O3/c1-4-15(12(16)13(17)18-5-2)11-9(3)7-6-8-10(11)14/h6-8H,4-5,14H2,1-3H3. The number of nitrogen functional groups attached to an aromatic ring is 1. The number of ether oxygens (including phenoxy) is 1. The zero-order chi connectivity index (χ0) is 13.7. The number of carbonyl (C=O) groups is 2. The second-order valence-corrected chi connectivity index (χ2v) is 3.78. The van der Waals surface area contributed by atoms with Crippen LogP contribution in [0.25, 0.3) is 0 Å². The Bertz CT molecular complexity index is 437. The Labute approximate surface area is 107 Å². The van der Waals surface area contributed by atoms with E-state index in [0.29, 0.717) is 17.9 Å². The fraction of sp³-hybridized carbons (Fsp3) is 0.385. The SMILES string of the molecule is CCOC(=O)C(=O)N(CC)c1c(C)cccc1N. The predicted octanol–water partition coefficient (Wildman–Crippen LogP) is 1.49. The van der Waals surface area contributed by atoms with Crippen LogP contribution in [0.15, 0.2) is 18.2 Å². The number of hydrogen-bond donors (Lipinski definition) is 1. The van der Waals surface area contributed by atoms with Crippen LogP contribution in [0.2, 0.25) is 0 Å². The van der Waals surface area contributed by atoms with Gasteiger partial charge in [0.25, 0.3) is 0 Å². The molecule has 0 bridgehead atoms. The first-order chi connectivity index (χ1) is 8.52. The van der Waals surface area contributed by atoms with Crippen LogP contribution in [0.3, 0.4) is 0 Å². The van der Waals surface area contributed by atoms with Crippen LogP contribution in [-0.4, -0.2) is 25.0 Å². The minimum absolute atomic E-state index is 0.172. The van der Waals surface area contributed by atoms with Gasteiger partial charge >= 0.3 is 11.9 Å². The van der Waals surface area contributed by atoms with E-state index in [1.807, 2.05) is 13.0 Å². The first-order valence-electron chi connectivity index (χ1n) is 5.86. The molecule has 0 saturated heterocycles. The van der Waals surface area contributed by atoms with E-state index in [1.165, 1.54) is 4.90 Å². The molecular formula is C13H18N2O3. The Balaban J connectivity index is 3.10. The van der Waals surface area contributed by atoms with E-state index in [-0.39, 0.29) is 6.61 Å². The van der Waals surface area contributed by atoms with Crippen molar-refractivity contribution in [1.29, 1.82) is 0 Å². The number of anilines is 2. The molecular weight excluding hydrogens is 232 g/mol. The Hall–Kier alpha value is -2.04. The molecule has 1 aromatic carbocycles. The molecule has 0 heterocycles. The molecule has 0 saturated carbocycles. The van der Waals surface area contributed by atoms with Crippen LogP contribution in [0.4, 0.5) is 11.4 Å². The minimum Gasteiger partial charge on any atom is -0.459 e. The van der Waals surface area contributed by atoms with Crippen molar-refractivity contribution >= 4 is 23.3 Å². The fourth-order valence-corrected chi connectivity index (χ4v) is 1.76. The third-order valence-corrected chi connectivity index (χ3v) is 2.55. The molecule has 0 aliphatic rings. The molecule has 0 unspecified atom stereocenters. The molecule has 0 aliphatic heterocycles. The summed E-state index contributed by atoms with van der Waals surface area (Å²) in [6, 6.07) is 5.34. The maximum Gasteiger partial charge on any atom is 0.397 e. The van der Waals surface area contributed by atoms with E-state index in [0.717, 1.165) is 5.56 Å². The number of rotatable bonds is 3. The van der Waals surface area contributed by atoms with E-state index in [2.05, 4.69) is 0 Å². The number of aryl methyl sites for hydroxylation is 1. The van der Waals surface area contributed by atoms with Crippen molar-refractivity contribution in [1.82, 2.24) is 0 Å². The lowest BCUT2D eigenvalue weighted by Crippen LogP contribution is -2.38. The number of hydrogen-bond acceptors (Lipinski definition) is 4. The van der Waals surface area contributed by atoms with Gasteiger partial charge in [0.2, 0.25) is 0 Å². The lowest BCUT2D eigenvalue weighted by Gasteiger charge is -2.23. The highest BCUT2D eigenvalue weighted by molar-refractivity contribution is 6.38. The average Bonchev–Trinajstić information content (AvgIpc) is 2.33. The van der Waals surface area contributed by atoms with Crippen LogP contribution in [0.5, 0.6) is 0 Å². The van der Waals surface area contributed by atoms with Gasteiger partial charge in [-0.2, -0.15) is 0 Å². The monoisotopic (exact) mass is 250 g/mol. The number of esters is 1. The molecule has 0 atom stereocenters. The third-order valence-electron chi connectivity index (χ3n) is 2.55. The Morgan fingerprint density at radius 1 is 1.33 bits per heavy atom. The summed E-state index contributed by atoms with van der Waals surface area (Å²) in [6.45, 7) is 5.80. The van der Waals surface area contributed by atoms with Gasteiger partial charge in [-0.15, -0.1) is 0 Å². The molecule has 1 aromatic rings. The summed E-state index contributed by atoms with van der Waals surface area (Å²) in [5.74, 6) is -1.55. The van der Waals surface area contributed by atoms with Gasteiger partial charge in [0.05, 0.1) is 18.0 Å². The van der Waals surface area contributed by atoms with Crippen molar-refractivity contribution in [3.8, 4) is 0 Å². The normalized spacial score (nSPS) is 9.94. The van der Waals surface area contributed by atoms with Gasteiger partial charge < -0.3 is 15.4 Å². The maximum absolute atomic E-state index is 12.0. The summed E-state index contributed by atoms with van der Waals surface area (Å²) in [7, 11) is 0. The quantitative estimate of drug-likeness (QED) is 0.501. The van der Waals surface area contributed by atoms with Gasteiger partial charge in [-0.05, 0) is 32.4 Å². The summed E-state index contributed by atoms with van der Waals surface area (Å²) >= 11 is 0. The second kappa shape index (κ2) is 6.05. The molecule has 18 heavy (non-hydrogen) atoms. The van der Waals surface area contributed by atoms with Gasteiger partial charge in [-0.25, -0.2) is 4.79 Å². The molecule has 98 valence electrons. The fourth-order valence-electron chi connectivity index (χ4n) is 1.76. The first kappa shape index (κ1) is 14.0. The van der Waals surface area contributed by atoms with Crippen molar-refractivity contribution in [2.75, 3.05) is 23.8 Å². The van der Waals surface area contributed by atoms with E-state index in [9.17, 15) is 9.59 Å². The van der Waals surface area contributed by atoms with Crippen LogP contribution in [0.1, 0.15) is 19.4 Å². The van der Waals surface area contributed by atoms with Crippen LogP contribution in [0, 0.1) is 6.92 Å².